The summed E-state index contributed by atoms with van der Waals surface area (Å²) in [4.78, 5) is 0.352. The van der Waals surface area contributed by atoms with Gasteiger partial charge >= 0.3 is 0 Å². The van der Waals surface area contributed by atoms with E-state index in [-0.39, 0.29) is 0 Å². The van der Waals surface area contributed by atoms with Gasteiger partial charge in [-0.05, 0) is 22.0 Å². The number of rotatable bonds is 1. The molecule has 2 aromatic rings. The van der Waals surface area contributed by atoms with Gasteiger partial charge in [0.2, 0.25) is 0 Å². The van der Waals surface area contributed by atoms with Gasteiger partial charge in [0.15, 0.2) is 4.67 Å². The minimum atomic E-state index is 0.352. The third-order valence-electron chi connectivity index (χ3n) is 1.25. The smallest absolute Gasteiger partial charge is 0.285 e. The van der Waals surface area contributed by atoms with Crippen LogP contribution in [0.3, 0.4) is 0 Å². The molecule has 0 saturated heterocycles. The van der Waals surface area contributed by atoms with Crippen LogP contribution in [0, 0.1) is 0 Å². The number of halogens is 2. The second-order valence-electron chi connectivity index (χ2n) is 1.97. The van der Waals surface area contributed by atoms with Crippen molar-refractivity contribution in [2.24, 2.45) is 0 Å². The maximum atomic E-state index is 5.11. The molecule has 0 spiro atoms. The van der Waals surface area contributed by atoms with E-state index in [0.717, 1.165) is 5.56 Å². The molecule has 0 N–H and O–H groups in total. The van der Waals surface area contributed by atoms with Gasteiger partial charge < -0.3 is 8.83 Å². The predicted molar refractivity (Wildman–Crippen MR) is 47.4 cm³/mol. The highest BCUT2D eigenvalue weighted by Gasteiger charge is 2.12. The quantitative estimate of drug-likeness (QED) is 0.811. The number of furan rings is 1. The molecule has 0 fully saturated rings. The molecule has 2 rings (SSSR count). The first-order valence-corrected chi connectivity index (χ1v) is 4.58. The van der Waals surface area contributed by atoms with Gasteiger partial charge in [0.05, 0.1) is 11.8 Å². The SMILES string of the molecule is Brc1nnc(-c2ccoc2Br)o1. The van der Waals surface area contributed by atoms with Crippen LogP contribution in [0.4, 0.5) is 0 Å². The van der Waals surface area contributed by atoms with Crippen molar-refractivity contribution in [1.29, 1.82) is 0 Å². The second-order valence-corrected chi connectivity index (χ2v) is 3.37. The lowest BCUT2D eigenvalue weighted by atomic mass is 10.3. The first-order chi connectivity index (χ1) is 5.77. The molecule has 0 aliphatic carbocycles. The Kier molecular flexibility index (Phi) is 2.02. The van der Waals surface area contributed by atoms with E-state index in [1.165, 1.54) is 6.26 Å². The topological polar surface area (TPSA) is 52.1 Å². The molecule has 12 heavy (non-hydrogen) atoms. The first kappa shape index (κ1) is 8.00. The van der Waals surface area contributed by atoms with Gasteiger partial charge in [-0.1, -0.05) is 0 Å². The standard InChI is InChI=1S/C6H2Br2N2O2/c7-4-3(1-2-11-4)5-9-10-6(8)12-5/h1-2H. The highest BCUT2D eigenvalue weighted by Crippen LogP contribution is 2.28. The minimum Gasteiger partial charge on any atom is -0.457 e. The highest BCUT2D eigenvalue weighted by molar-refractivity contribution is 9.10. The van der Waals surface area contributed by atoms with Gasteiger partial charge in [0, 0.05) is 15.9 Å². The largest absolute Gasteiger partial charge is 0.457 e. The fourth-order valence-electron chi connectivity index (χ4n) is 0.760. The Balaban J connectivity index is 2.50. The van der Waals surface area contributed by atoms with Gasteiger partial charge in [0.1, 0.15) is 0 Å². The molecule has 0 aliphatic heterocycles. The van der Waals surface area contributed by atoms with E-state index >= 15 is 0 Å². The van der Waals surface area contributed by atoms with Crippen LogP contribution in [0.15, 0.2) is 30.6 Å². The first-order valence-electron chi connectivity index (χ1n) is 3.00. The van der Waals surface area contributed by atoms with Crippen molar-refractivity contribution in [2.45, 2.75) is 0 Å². The Morgan fingerprint density at radius 3 is 2.58 bits per heavy atom. The van der Waals surface area contributed by atoms with Crippen LogP contribution in [0.25, 0.3) is 11.5 Å². The van der Waals surface area contributed by atoms with Gasteiger partial charge in [-0.15, -0.1) is 10.2 Å². The Hall–Kier alpha value is -0.620. The zero-order valence-electron chi connectivity index (χ0n) is 5.62. The number of aromatic nitrogens is 2. The van der Waals surface area contributed by atoms with Gasteiger partial charge in [-0.3, -0.25) is 0 Å². The van der Waals surface area contributed by atoms with Crippen molar-refractivity contribution in [1.82, 2.24) is 10.2 Å². The lowest BCUT2D eigenvalue weighted by Gasteiger charge is -1.85. The van der Waals surface area contributed by atoms with Gasteiger partial charge in [-0.2, -0.15) is 0 Å². The molecule has 0 radical (unpaired) electrons. The second kappa shape index (κ2) is 3.02. The third-order valence-corrected chi connectivity index (χ3v) is 2.18. The molecular formula is C6H2Br2N2O2. The molecule has 2 heterocycles. The molecule has 0 aromatic carbocycles. The maximum Gasteiger partial charge on any atom is 0.285 e. The summed E-state index contributed by atoms with van der Waals surface area (Å²) in [7, 11) is 0. The molecule has 6 heteroatoms. The molecule has 62 valence electrons. The van der Waals surface area contributed by atoms with E-state index in [1.54, 1.807) is 6.07 Å². The minimum absolute atomic E-state index is 0.352. The van der Waals surface area contributed by atoms with Crippen molar-refractivity contribution in [3.8, 4) is 11.5 Å². The summed E-state index contributed by atoms with van der Waals surface area (Å²) in [6.07, 6.45) is 1.54. The Labute approximate surface area is 84.2 Å². The fourth-order valence-corrected chi connectivity index (χ4v) is 1.40. The van der Waals surface area contributed by atoms with Crippen molar-refractivity contribution in [3.05, 3.63) is 21.8 Å². The van der Waals surface area contributed by atoms with E-state index in [0.29, 0.717) is 15.4 Å². The van der Waals surface area contributed by atoms with Crippen molar-refractivity contribution in [3.63, 3.8) is 0 Å². The van der Waals surface area contributed by atoms with E-state index in [1.807, 2.05) is 0 Å². The van der Waals surface area contributed by atoms with Crippen LogP contribution in [0.1, 0.15) is 0 Å². The number of hydrogen-bond acceptors (Lipinski definition) is 4. The monoisotopic (exact) mass is 292 g/mol. The van der Waals surface area contributed by atoms with Gasteiger partial charge in [0.25, 0.3) is 10.7 Å². The molecular weight excluding hydrogens is 292 g/mol. The number of hydrogen-bond donors (Lipinski definition) is 0. The van der Waals surface area contributed by atoms with E-state index in [9.17, 15) is 0 Å². The number of nitrogens with zero attached hydrogens (tertiary/aromatic N) is 2. The fraction of sp³-hybridized carbons (Fsp3) is 0. The van der Waals surface area contributed by atoms with Gasteiger partial charge in [-0.25, -0.2) is 0 Å². The van der Waals surface area contributed by atoms with Crippen LogP contribution < -0.4 is 0 Å². The van der Waals surface area contributed by atoms with Crippen LogP contribution in [-0.2, 0) is 0 Å². The normalized spacial score (nSPS) is 10.5. The molecule has 2 aromatic heterocycles. The van der Waals surface area contributed by atoms with Crippen LogP contribution >= 0.6 is 31.9 Å². The van der Waals surface area contributed by atoms with E-state index in [2.05, 4.69) is 42.1 Å². The summed E-state index contributed by atoms with van der Waals surface area (Å²) in [5.41, 5.74) is 0.744. The van der Waals surface area contributed by atoms with Crippen molar-refractivity contribution in [2.75, 3.05) is 0 Å². The Morgan fingerprint density at radius 1 is 1.25 bits per heavy atom. The van der Waals surface area contributed by atoms with Crippen LogP contribution in [0.5, 0.6) is 0 Å². The molecule has 0 saturated carbocycles. The highest BCUT2D eigenvalue weighted by atomic mass is 79.9. The van der Waals surface area contributed by atoms with E-state index in [4.69, 9.17) is 8.83 Å². The summed E-state index contributed by atoms with van der Waals surface area (Å²) < 4.78 is 10.7. The molecule has 0 unspecified atom stereocenters. The van der Waals surface area contributed by atoms with Crippen LogP contribution in [-0.4, -0.2) is 10.2 Å². The zero-order valence-corrected chi connectivity index (χ0v) is 8.79. The summed E-state index contributed by atoms with van der Waals surface area (Å²) in [6.45, 7) is 0. The zero-order chi connectivity index (χ0) is 8.55. The average molecular weight is 294 g/mol. The predicted octanol–water partition coefficient (Wildman–Crippen LogP) is 2.85. The lowest BCUT2D eigenvalue weighted by Crippen LogP contribution is -1.73. The summed E-state index contributed by atoms with van der Waals surface area (Å²) in [5, 5.41) is 7.42. The summed E-state index contributed by atoms with van der Waals surface area (Å²) in [5.74, 6) is 0.419. The average Bonchev–Trinajstić information content (AvgIpc) is 2.58. The van der Waals surface area contributed by atoms with Crippen LogP contribution in [0.2, 0.25) is 0 Å². The third kappa shape index (κ3) is 1.32. The Bertz CT molecular complexity index is 396. The summed E-state index contributed by atoms with van der Waals surface area (Å²) in [6, 6.07) is 1.74. The van der Waals surface area contributed by atoms with Crippen molar-refractivity contribution < 1.29 is 8.83 Å². The maximum absolute atomic E-state index is 5.11. The summed E-state index contributed by atoms with van der Waals surface area (Å²) >= 11 is 6.26. The van der Waals surface area contributed by atoms with Crippen molar-refractivity contribution >= 4 is 31.9 Å². The van der Waals surface area contributed by atoms with E-state index < -0.39 is 0 Å². The molecule has 0 amide bonds. The Morgan fingerprint density at radius 2 is 2.08 bits per heavy atom. The molecule has 0 bridgehead atoms. The molecule has 0 aliphatic rings. The lowest BCUT2D eigenvalue weighted by molar-refractivity contribution is 0.526. The molecule has 4 nitrogen and oxygen atoms in total. The molecule has 0 atom stereocenters.